The van der Waals surface area contributed by atoms with Crippen LogP contribution in [-0.4, -0.2) is 45.1 Å². The van der Waals surface area contributed by atoms with E-state index in [4.69, 9.17) is 14.2 Å². The van der Waals surface area contributed by atoms with E-state index in [1.165, 1.54) is 18.2 Å². The molecule has 0 saturated heterocycles. The molecule has 3 aromatic rings. The predicted octanol–water partition coefficient (Wildman–Crippen LogP) is 8.51. The molecule has 0 amide bonds. The quantitative estimate of drug-likeness (QED) is 0.109. The van der Waals surface area contributed by atoms with E-state index in [0.717, 1.165) is 39.2 Å². The highest BCUT2D eigenvalue weighted by atomic mass is 32.1. The third-order valence-electron chi connectivity index (χ3n) is 9.33. The summed E-state index contributed by atoms with van der Waals surface area (Å²) >= 11 is 1.59. The Kier molecular flexibility index (Phi) is 13.0. The number of carbonyl (C=O) groups excluding carboxylic acids is 3. The number of benzene rings is 2. The Hall–Kier alpha value is -4.42. The average molecular weight is 707 g/mol. The van der Waals surface area contributed by atoms with Crippen LogP contribution in [0.4, 0.5) is 10.5 Å². The van der Waals surface area contributed by atoms with Gasteiger partial charge in [0.05, 0.1) is 44.0 Å². The maximum Gasteiger partial charge on any atom is 0.508 e. The summed E-state index contributed by atoms with van der Waals surface area (Å²) in [6, 6.07) is 11.6. The molecule has 268 valence electrons. The lowest BCUT2D eigenvalue weighted by atomic mass is 9.71. The number of nitro benzene ring substituents is 1. The number of aryl methyl sites for hydroxylation is 1. The molecule has 2 heterocycles. The van der Waals surface area contributed by atoms with Crippen molar-refractivity contribution in [2.75, 3.05) is 0 Å². The minimum absolute atomic E-state index is 0.140. The van der Waals surface area contributed by atoms with E-state index in [9.17, 15) is 29.6 Å². The molecule has 5 atom stereocenters. The number of cyclic esters (lactones) is 1. The van der Waals surface area contributed by atoms with Crippen molar-refractivity contribution >= 4 is 45.1 Å². The van der Waals surface area contributed by atoms with Gasteiger partial charge in [-0.15, -0.1) is 17.9 Å². The van der Waals surface area contributed by atoms with Crippen LogP contribution in [0, 0.1) is 34.3 Å². The minimum Gasteiger partial charge on any atom is -0.457 e. The first-order valence-corrected chi connectivity index (χ1v) is 17.6. The van der Waals surface area contributed by atoms with Crippen LogP contribution in [0.25, 0.3) is 10.2 Å². The number of carbonyl (C=O) groups is 3. The van der Waals surface area contributed by atoms with Gasteiger partial charge in [0.15, 0.2) is 0 Å². The van der Waals surface area contributed by atoms with Gasteiger partial charge in [-0.25, -0.2) is 9.78 Å². The third kappa shape index (κ3) is 9.85. The molecule has 1 aliphatic heterocycles. The number of aliphatic hydroxyl groups is 1. The Morgan fingerprint density at radius 2 is 1.98 bits per heavy atom. The standard InChI is InChI=1S/C38H46N2O9S/c1-7-10-29-35(49-37(44)47-22-26-13-9-14-28(19-26)40(45)46)24(3)12-8-11-23(2)15-17-31(27-16-18-32-30(20-27)39-25(4)50-32)48-34(42)21-33(41)38(5,6)36(29)43/h7,9,13-16,18-20,24,29,31,33,35,41H,1,8,10-12,17,21-22H2,2-6H3/t24-,29+,31-,33-,35-/m0/s1. The third-order valence-corrected chi connectivity index (χ3v) is 10.3. The molecule has 0 fully saturated rings. The molecule has 50 heavy (non-hydrogen) atoms. The number of allylic oxidation sites excluding steroid dienone is 2. The van der Waals surface area contributed by atoms with Crippen molar-refractivity contribution in [2.24, 2.45) is 17.3 Å². The highest BCUT2D eigenvalue weighted by Gasteiger charge is 2.45. The Labute approximate surface area is 296 Å². The summed E-state index contributed by atoms with van der Waals surface area (Å²) in [5, 5.41) is 23.5. The number of thiazole rings is 1. The minimum atomic E-state index is -1.43. The van der Waals surface area contributed by atoms with Crippen LogP contribution in [0.1, 0.15) is 88.5 Å². The topological polar surface area (TPSA) is 155 Å². The normalized spacial score (nSPS) is 23.8. The summed E-state index contributed by atoms with van der Waals surface area (Å²) in [5.41, 5.74) is 1.54. The van der Waals surface area contributed by atoms with Crippen molar-refractivity contribution in [2.45, 2.75) is 98.1 Å². The molecule has 12 heteroatoms. The number of fused-ring (bicyclic) bond motifs is 1. The summed E-state index contributed by atoms with van der Waals surface area (Å²) in [6.45, 7) is 12.5. The summed E-state index contributed by atoms with van der Waals surface area (Å²) in [7, 11) is 0. The van der Waals surface area contributed by atoms with Gasteiger partial charge < -0.3 is 19.3 Å². The number of nitro groups is 1. The van der Waals surface area contributed by atoms with E-state index in [1.54, 1.807) is 37.3 Å². The van der Waals surface area contributed by atoms with E-state index >= 15 is 0 Å². The number of ketones is 1. The molecule has 0 bridgehead atoms. The first kappa shape index (κ1) is 38.4. The monoisotopic (exact) mass is 706 g/mol. The number of non-ortho nitro benzene ring substituents is 1. The lowest BCUT2D eigenvalue weighted by Gasteiger charge is -2.37. The lowest BCUT2D eigenvalue weighted by Crippen LogP contribution is -2.47. The van der Waals surface area contributed by atoms with Gasteiger partial charge in [0, 0.05) is 18.6 Å². The van der Waals surface area contributed by atoms with E-state index in [-0.39, 0.29) is 24.6 Å². The molecule has 11 nitrogen and oxygen atoms in total. The number of nitrogens with zero attached hydrogens (tertiary/aromatic N) is 2. The van der Waals surface area contributed by atoms with Crippen LogP contribution >= 0.6 is 11.3 Å². The second-order valence-electron chi connectivity index (χ2n) is 13.6. The van der Waals surface area contributed by atoms with Crippen LogP contribution in [0.2, 0.25) is 0 Å². The highest BCUT2D eigenvalue weighted by molar-refractivity contribution is 7.18. The summed E-state index contributed by atoms with van der Waals surface area (Å²) in [4.78, 5) is 55.9. The van der Waals surface area contributed by atoms with Gasteiger partial charge in [-0.05, 0) is 68.7 Å². The Balaban J connectivity index is 1.59. The fourth-order valence-electron chi connectivity index (χ4n) is 6.26. The highest BCUT2D eigenvalue weighted by Crippen LogP contribution is 2.37. The lowest BCUT2D eigenvalue weighted by molar-refractivity contribution is -0.384. The van der Waals surface area contributed by atoms with E-state index in [1.807, 2.05) is 39.0 Å². The SMILES string of the molecule is C=CC[C@H]1C(=O)C(C)(C)[C@@H](O)CC(=O)O[C@H](c2ccc3sc(C)nc3c2)CC=C(C)CCC[C@H](C)[C@@H]1OC(=O)OCc1cccc([N+](=O)[O-])c1. The van der Waals surface area contributed by atoms with Crippen molar-refractivity contribution in [1.82, 2.24) is 4.98 Å². The van der Waals surface area contributed by atoms with Gasteiger partial charge >= 0.3 is 12.1 Å². The maximum atomic E-state index is 14.3. The number of aliphatic hydroxyl groups excluding tert-OH is 1. The van der Waals surface area contributed by atoms with E-state index in [2.05, 4.69) is 17.6 Å². The zero-order chi connectivity index (χ0) is 36.6. The molecule has 1 aromatic heterocycles. The second kappa shape index (κ2) is 17.0. The Morgan fingerprint density at radius 1 is 1.22 bits per heavy atom. The van der Waals surface area contributed by atoms with Crippen LogP contribution in [0.5, 0.6) is 0 Å². The van der Waals surface area contributed by atoms with Crippen molar-refractivity contribution in [3.8, 4) is 0 Å². The smallest absolute Gasteiger partial charge is 0.457 e. The first-order valence-electron chi connectivity index (χ1n) is 16.8. The number of rotatable bonds is 7. The van der Waals surface area contributed by atoms with Crippen LogP contribution in [0.3, 0.4) is 0 Å². The second-order valence-corrected chi connectivity index (χ2v) is 14.8. The molecule has 0 radical (unpaired) electrons. The summed E-state index contributed by atoms with van der Waals surface area (Å²) in [6.07, 6.45) is 1.83. The molecule has 1 N–H and O–H groups in total. The first-order chi connectivity index (χ1) is 23.7. The molecular weight excluding hydrogens is 660 g/mol. The largest absolute Gasteiger partial charge is 0.508 e. The molecule has 0 saturated carbocycles. The fraction of sp³-hybridized carbons (Fsp3) is 0.474. The number of ether oxygens (including phenoxy) is 3. The van der Waals surface area contributed by atoms with Crippen LogP contribution in [0.15, 0.2) is 66.8 Å². The summed E-state index contributed by atoms with van der Waals surface area (Å²) < 4.78 is 18.2. The van der Waals surface area contributed by atoms with E-state index < -0.39 is 58.9 Å². The predicted molar refractivity (Wildman–Crippen MR) is 190 cm³/mol. The van der Waals surface area contributed by atoms with Crippen LogP contribution in [-0.2, 0) is 30.4 Å². The van der Waals surface area contributed by atoms with E-state index in [0.29, 0.717) is 18.4 Å². The van der Waals surface area contributed by atoms with Gasteiger partial charge in [0.2, 0.25) is 0 Å². The number of hydrogen-bond donors (Lipinski definition) is 1. The average Bonchev–Trinajstić information content (AvgIpc) is 3.45. The molecule has 1 aliphatic rings. The number of aromatic nitrogens is 1. The van der Waals surface area contributed by atoms with Crippen molar-refractivity contribution < 1.29 is 38.6 Å². The number of hydrogen-bond acceptors (Lipinski definition) is 11. The summed E-state index contributed by atoms with van der Waals surface area (Å²) in [5.74, 6) is -2.25. The molecule has 0 spiro atoms. The number of esters is 1. The zero-order valence-electron chi connectivity index (χ0n) is 29.3. The van der Waals surface area contributed by atoms with Crippen molar-refractivity contribution in [3.63, 3.8) is 0 Å². The number of Topliss-reactive ketones (excluding diaryl/α,β-unsaturated/α-hetero) is 1. The molecular formula is C38H46N2O9S. The van der Waals surface area contributed by atoms with Crippen molar-refractivity contribution in [1.29, 1.82) is 0 Å². The molecule has 4 rings (SSSR count). The van der Waals surface area contributed by atoms with Crippen molar-refractivity contribution in [3.05, 3.63) is 93.0 Å². The zero-order valence-corrected chi connectivity index (χ0v) is 30.1. The fourth-order valence-corrected chi connectivity index (χ4v) is 7.07. The van der Waals surface area contributed by atoms with Gasteiger partial charge in [0.25, 0.3) is 5.69 Å². The van der Waals surface area contributed by atoms with Gasteiger partial charge in [-0.3, -0.25) is 19.7 Å². The van der Waals surface area contributed by atoms with Gasteiger partial charge in [-0.2, -0.15) is 0 Å². The molecule has 0 unspecified atom stereocenters. The Bertz CT molecular complexity index is 1750. The Morgan fingerprint density at radius 3 is 2.70 bits per heavy atom. The van der Waals surface area contributed by atoms with Gasteiger partial charge in [0.1, 0.15) is 24.6 Å². The maximum absolute atomic E-state index is 14.3. The van der Waals surface area contributed by atoms with Gasteiger partial charge in [-0.1, -0.05) is 56.7 Å². The molecule has 0 aliphatic carbocycles. The molecule has 2 aromatic carbocycles. The van der Waals surface area contributed by atoms with Crippen LogP contribution < -0.4 is 0 Å².